The second-order valence-electron chi connectivity index (χ2n) is 6.38. The summed E-state index contributed by atoms with van der Waals surface area (Å²) in [4.78, 5) is 27.8. The average Bonchev–Trinajstić information content (AvgIpc) is 2.44. The van der Waals surface area contributed by atoms with E-state index in [-0.39, 0.29) is 5.75 Å². The lowest BCUT2D eigenvalue weighted by Gasteiger charge is -2.27. The highest BCUT2D eigenvalue weighted by Gasteiger charge is 2.26. The van der Waals surface area contributed by atoms with E-state index in [2.05, 4.69) is 0 Å². The number of nitrogens with zero attached hydrogens (tertiary/aromatic N) is 2. The van der Waals surface area contributed by atoms with Crippen molar-refractivity contribution in [3.05, 3.63) is 24.3 Å². The van der Waals surface area contributed by atoms with Crippen LogP contribution in [0.15, 0.2) is 24.3 Å². The SMILES string of the molecule is CC(C)CN(CC(C)C)C(=O)C(=O)N(C)c1ccc(O)cc1. The van der Waals surface area contributed by atoms with Crippen LogP contribution in [0.3, 0.4) is 0 Å². The topological polar surface area (TPSA) is 60.9 Å². The number of carbonyl (C=O) groups is 2. The van der Waals surface area contributed by atoms with Crippen molar-refractivity contribution in [1.29, 1.82) is 0 Å². The second-order valence-corrected chi connectivity index (χ2v) is 6.38. The Morgan fingerprint density at radius 3 is 1.82 bits per heavy atom. The normalized spacial score (nSPS) is 10.9. The molecule has 1 N–H and O–H groups in total. The van der Waals surface area contributed by atoms with Gasteiger partial charge >= 0.3 is 11.8 Å². The van der Waals surface area contributed by atoms with Gasteiger partial charge in [-0.1, -0.05) is 27.7 Å². The Bertz CT molecular complexity index is 499. The average molecular weight is 306 g/mol. The number of rotatable bonds is 5. The number of benzene rings is 1. The fourth-order valence-corrected chi connectivity index (χ4v) is 2.19. The van der Waals surface area contributed by atoms with Crippen molar-refractivity contribution in [2.75, 3.05) is 25.0 Å². The number of likely N-dealkylation sites (N-methyl/N-ethyl adjacent to an activating group) is 1. The molecule has 0 radical (unpaired) electrons. The van der Waals surface area contributed by atoms with Crippen LogP contribution in [0.5, 0.6) is 5.75 Å². The Morgan fingerprint density at radius 1 is 0.955 bits per heavy atom. The highest BCUT2D eigenvalue weighted by molar-refractivity contribution is 6.40. The first-order valence-electron chi connectivity index (χ1n) is 7.58. The maximum absolute atomic E-state index is 12.5. The molecule has 0 bridgehead atoms. The summed E-state index contributed by atoms with van der Waals surface area (Å²) in [7, 11) is 1.57. The summed E-state index contributed by atoms with van der Waals surface area (Å²) in [5.41, 5.74) is 0.574. The maximum Gasteiger partial charge on any atom is 0.316 e. The smallest absolute Gasteiger partial charge is 0.316 e. The number of phenols is 1. The zero-order valence-corrected chi connectivity index (χ0v) is 14.0. The van der Waals surface area contributed by atoms with Crippen molar-refractivity contribution in [2.45, 2.75) is 27.7 Å². The summed E-state index contributed by atoms with van der Waals surface area (Å²) < 4.78 is 0. The highest BCUT2D eigenvalue weighted by Crippen LogP contribution is 2.18. The van der Waals surface area contributed by atoms with Crippen LogP contribution in [0.2, 0.25) is 0 Å². The Labute approximate surface area is 132 Å². The van der Waals surface area contributed by atoms with Crippen molar-refractivity contribution < 1.29 is 14.7 Å². The second kappa shape index (κ2) is 7.82. The molecule has 0 aromatic heterocycles. The Morgan fingerprint density at radius 2 is 1.41 bits per heavy atom. The summed E-state index contributed by atoms with van der Waals surface area (Å²) in [6.07, 6.45) is 0. The molecule has 0 aliphatic rings. The molecule has 1 aromatic rings. The van der Waals surface area contributed by atoms with Crippen LogP contribution in [0.1, 0.15) is 27.7 Å². The lowest BCUT2D eigenvalue weighted by Crippen LogP contribution is -2.46. The van der Waals surface area contributed by atoms with Crippen molar-refractivity contribution >= 4 is 17.5 Å². The van der Waals surface area contributed by atoms with E-state index >= 15 is 0 Å². The molecule has 1 rings (SSSR count). The molecule has 0 atom stereocenters. The standard InChI is InChI=1S/C17H26N2O3/c1-12(2)10-19(11-13(3)4)17(22)16(21)18(5)14-6-8-15(20)9-7-14/h6-9,12-13,20H,10-11H2,1-5H3. The third-order valence-corrected chi connectivity index (χ3v) is 3.18. The van der Waals surface area contributed by atoms with Crippen LogP contribution >= 0.6 is 0 Å². The van der Waals surface area contributed by atoms with E-state index in [0.717, 1.165) is 0 Å². The molecule has 5 heteroatoms. The molecular weight excluding hydrogens is 280 g/mol. The number of carbonyl (C=O) groups excluding carboxylic acids is 2. The molecule has 0 heterocycles. The fourth-order valence-electron chi connectivity index (χ4n) is 2.19. The van der Waals surface area contributed by atoms with Gasteiger partial charge < -0.3 is 14.9 Å². The summed E-state index contributed by atoms with van der Waals surface area (Å²) in [6, 6.07) is 6.19. The zero-order valence-electron chi connectivity index (χ0n) is 14.0. The number of anilines is 1. The minimum atomic E-state index is -0.563. The molecule has 122 valence electrons. The Hall–Kier alpha value is -2.04. The first kappa shape index (κ1) is 18.0. The van der Waals surface area contributed by atoms with Gasteiger partial charge in [0.15, 0.2) is 0 Å². The number of amides is 2. The van der Waals surface area contributed by atoms with E-state index in [1.54, 1.807) is 24.1 Å². The van der Waals surface area contributed by atoms with Gasteiger partial charge in [-0.15, -0.1) is 0 Å². The minimum absolute atomic E-state index is 0.122. The van der Waals surface area contributed by atoms with E-state index in [1.165, 1.54) is 17.0 Å². The Balaban J connectivity index is 2.87. The molecule has 0 aliphatic heterocycles. The van der Waals surface area contributed by atoms with E-state index in [4.69, 9.17) is 0 Å². The molecule has 0 saturated carbocycles. The van der Waals surface area contributed by atoms with Crippen LogP contribution in [0.25, 0.3) is 0 Å². The predicted molar refractivity (Wildman–Crippen MR) is 87.8 cm³/mol. The lowest BCUT2D eigenvalue weighted by molar-refractivity contribution is -0.145. The molecule has 1 aromatic carbocycles. The molecule has 22 heavy (non-hydrogen) atoms. The quantitative estimate of drug-likeness (QED) is 0.850. The third-order valence-electron chi connectivity index (χ3n) is 3.18. The van der Waals surface area contributed by atoms with E-state index < -0.39 is 11.8 Å². The molecule has 0 aliphatic carbocycles. The largest absolute Gasteiger partial charge is 0.508 e. The monoisotopic (exact) mass is 306 g/mol. The van der Waals surface area contributed by atoms with Gasteiger partial charge in [0.1, 0.15) is 5.75 Å². The first-order chi connectivity index (χ1) is 10.2. The van der Waals surface area contributed by atoms with Crippen LogP contribution in [0.4, 0.5) is 5.69 Å². The lowest BCUT2D eigenvalue weighted by atomic mass is 10.1. The van der Waals surface area contributed by atoms with Gasteiger partial charge in [-0.2, -0.15) is 0 Å². The van der Waals surface area contributed by atoms with Crippen molar-refractivity contribution in [2.24, 2.45) is 11.8 Å². The van der Waals surface area contributed by atoms with Gasteiger partial charge in [-0.05, 0) is 36.1 Å². The number of hydrogen-bond acceptors (Lipinski definition) is 3. The number of hydrogen-bond donors (Lipinski definition) is 1. The molecule has 0 fully saturated rings. The van der Waals surface area contributed by atoms with Gasteiger partial charge in [0, 0.05) is 25.8 Å². The summed E-state index contributed by atoms with van der Waals surface area (Å²) >= 11 is 0. The summed E-state index contributed by atoms with van der Waals surface area (Å²) in [6.45, 7) is 9.21. The van der Waals surface area contributed by atoms with Gasteiger partial charge in [-0.3, -0.25) is 9.59 Å². The molecular formula is C17H26N2O3. The molecule has 2 amide bonds. The molecule has 0 unspecified atom stereocenters. The van der Waals surface area contributed by atoms with Crippen LogP contribution in [-0.2, 0) is 9.59 Å². The number of aromatic hydroxyl groups is 1. The van der Waals surface area contributed by atoms with Crippen molar-refractivity contribution in [3.8, 4) is 5.75 Å². The van der Waals surface area contributed by atoms with E-state index in [0.29, 0.717) is 30.6 Å². The van der Waals surface area contributed by atoms with E-state index in [9.17, 15) is 14.7 Å². The molecule has 0 saturated heterocycles. The van der Waals surface area contributed by atoms with Gasteiger partial charge in [0.25, 0.3) is 0 Å². The third kappa shape index (κ3) is 5.06. The van der Waals surface area contributed by atoms with Gasteiger partial charge in [-0.25, -0.2) is 0 Å². The van der Waals surface area contributed by atoms with E-state index in [1.807, 2.05) is 27.7 Å². The van der Waals surface area contributed by atoms with Crippen molar-refractivity contribution in [3.63, 3.8) is 0 Å². The molecule has 5 nitrogen and oxygen atoms in total. The maximum atomic E-state index is 12.5. The fraction of sp³-hybridized carbons (Fsp3) is 0.529. The zero-order chi connectivity index (χ0) is 16.9. The predicted octanol–water partition coefficient (Wildman–Crippen LogP) is 2.50. The van der Waals surface area contributed by atoms with Crippen LogP contribution in [0, 0.1) is 11.8 Å². The minimum Gasteiger partial charge on any atom is -0.508 e. The van der Waals surface area contributed by atoms with Crippen LogP contribution < -0.4 is 4.90 Å². The first-order valence-corrected chi connectivity index (χ1v) is 7.58. The Kier molecular flexibility index (Phi) is 6.40. The highest BCUT2D eigenvalue weighted by atomic mass is 16.3. The number of phenolic OH excluding ortho intramolecular Hbond substituents is 1. The van der Waals surface area contributed by atoms with Gasteiger partial charge in [0.2, 0.25) is 0 Å². The van der Waals surface area contributed by atoms with Gasteiger partial charge in [0.05, 0.1) is 0 Å². The van der Waals surface area contributed by atoms with Crippen LogP contribution in [-0.4, -0.2) is 42.0 Å². The van der Waals surface area contributed by atoms with Crippen molar-refractivity contribution in [1.82, 2.24) is 4.90 Å². The summed E-state index contributed by atoms with van der Waals surface area (Å²) in [5, 5.41) is 9.29. The summed E-state index contributed by atoms with van der Waals surface area (Å²) in [5.74, 6) is -0.328. The molecule has 0 spiro atoms.